The van der Waals surface area contributed by atoms with Gasteiger partial charge in [-0.3, -0.25) is 0 Å². The standard InChI is InChI=1S/C19H27FN2O5/c1-19(2,3)27-18(24)22-10-14(16(20)15(11-22)25-4)21-17(23)26-12-13-8-6-5-7-9-13/h5-9,14-16H,10-12H2,1-4H3,(H,21,23)/t14-,15+,16+/m0/s1. The molecule has 1 fully saturated rings. The van der Waals surface area contributed by atoms with Crippen LogP contribution in [-0.2, 0) is 20.8 Å². The maximum absolute atomic E-state index is 14.6. The number of rotatable bonds is 4. The van der Waals surface area contributed by atoms with Gasteiger partial charge in [0.2, 0.25) is 0 Å². The van der Waals surface area contributed by atoms with Crippen molar-refractivity contribution in [2.45, 2.75) is 51.3 Å². The second kappa shape index (κ2) is 9.03. The van der Waals surface area contributed by atoms with Gasteiger partial charge in [-0.15, -0.1) is 0 Å². The van der Waals surface area contributed by atoms with E-state index < -0.39 is 36.1 Å². The number of likely N-dealkylation sites (tertiary alicyclic amines) is 1. The van der Waals surface area contributed by atoms with E-state index in [0.717, 1.165) is 5.56 Å². The smallest absolute Gasteiger partial charge is 0.410 e. The lowest BCUT2D eigenvalue weighted by molar-refractivity contribution is -0.0501. The fourth-order valence-corrected chi connectivity index (χ4v) is 2.71. The highest BCUT2D eigenvalue weighted by Gasteiger charge is 2.41. The molecule has 1 aromatic rings. The van der Waals surface area contributed by atoms with Gasteiger partial charge in [-0.1, -0.05) is 30.3 Å². The molecule has 1 heterocycles. The Hall–Kier alpha value is -2.35. The Kier molecular flexibility index (Phi) is 7.01. The summed E-state index contributed by atoms with van der Waals surface area (Å²) in [7, 11) is 1.36. The molecule has 1 N–H and O–H groups in total. The number of piperidine rings is 1. The number of hydrogen-bond acceptors (Lipinski definition) is 5. The largest absolute Gasteiger partial charge is 0.445 e. The van der Waals surface area contributed by atoms with Crippen LogP contribution < -0.4 is 5.32 Å². The number of amides is 2. The molecular formula is C19H27FN2O5. The van der Waals surface area contributed by atoms with Crippen LogP contribution in [0.4, 0.5) is 14.0 Å². The number of ether oxygens (including phenoxy) is 3. The number of carbonyl (C=O) groups is 2. The number of alkyl carbamates (subject to hydrolysis) is 1. The van der Waals surface area contributed by atoms with Crippen LogP contribution in [-0.4, -0.2) is 61.2 Å². The molecule has 0 bridgehead atoms. The van der Waals surface area contributed by atoms with Crippen LogP contribution in [0, 0.1) is 0 Å². The highest BCUT2D eigenvalue weighted by Crippen LogP contribution is 2.20. The summed E-state index contributed by atoms with van der Waals surface area (Å²) in [4.78, 5) is 25.7. The average molecular weight is 382 g/mol. The van der Waals surface area contributed by atoms with E-state index in [2.05, 4.69) is 5.32 Å². The summed E-state index contributed by atoms with van der Waals surface area (Å²) in [6.07, 6.45) is -3.68. The van der Waals surface area contributed by atoms with Gasteiger partial charge in [-0.2, -0.15) is 0 Å². The third-order valence-corrected chi connectivity index (χ3v) is 4.03. The predicted molar refractivity (Wildman–Crippen MR) is 97.1 cm³/mol. The zero-order valence-corrected chi connectivity index (χ0v) is 16.1. The molecule has 0 saturated carbocycles. The first-order valence-electron chi connectivity index (χ1n) is 8.81. The fourth-order valence-electron chi connectivity index (χ4n) is 2.71. The van der Waals surface area contributed by atoms with Crippen molar-refractivity contribution in [1.29, 1.82) is 0 Å². The molecule has 8 heteroatoms. The summed E-state index contributed by atoms with van der Waals surface area (Å²) >= 11 is 0. The summed E-state index contributed by atoms with van der Waals surface area (Å²) in [5.74, 6) is 0. The minimum Gasteiger partial charge on any atom is -0.445 e. The van der Waals surface area contributed by atoms with Crippen molar-refractivity contribution >= 4 is 12.2 Å². The SMILES string of the molecule is CO[C@@H]1CN(C(=O)OC(C)(C)C)C[C@H](NC(=O)OCc2ccccc2)[C@H]1F. The van der Waals surface area contributed by atoms with Crippen LogP contribution in [0.15, 0.2) is 30.3 Å². The van der Waals surface area contributed by atoms with E-state index in [4.69, 9.17) is 14.2 Å². The van der Waals surface area contributed by atoms with Crippen LogP contribution in [0.3, 0.4) is 0 Å². The molecule has 2 amide bonds. The Balaban J connectivity index is 1.96. The quantitative estimate of drug-likeness (QED) is 0.866. The number of methoxy groups -OCH3 is 1. The third-order valence-electron chi connectivity index (χ3n) is 4.03. The van der Waals surface area contributed by atoms with E-state index >= 15 is 0 Å². The Labute approximate surface area is 158 Å². The minimum absolute atomic E-state index is 0.0314. The van der Waals surface area contributed by atoms with Gasteiger partial charge in [-0.25, -0.2) is 14.0 Å². The number of carbonyl (C=O) groups excluding carboxylic acids is 2. The summed E-state index contributed by atoms with van der Waals surface area (Å²) < 4.78 is 30.2. The lowest BCUT2D eigenvalue weighted by Crippen LogP contribution is -2.61. The molecular weight excluding hydrogens is 355 g/mol. The van der Waals surface area contributed by atoms with Crippen LogP contribution in [0.2, 0.25) is 0 Å². The van der Waals surface area contributed by atoms with Gasteiger partial charge in [0.1, 0.15) is 24.5 Å². The molecule has 3 atom stereocenters. The van der Waals surface area contributed by atoms with Crippen molar-refractivity contribution in [3.8, 4) is 0 Å². The zero-order valence-electron chi connectivity index (χ0n) is 16.1. The molecule has 0 aliphatic carbocycles. The van der Waals surface area contributed by atoms with E-state index in [1.807, 2.05) is 30.3 Å². The Morgan fingerprint density at radius 3 is 2.48 bits per heavy atom. The van der Waals surface area contributed by atoms with Crippen molar-refractivity contribution in [2.75, 3.05) is 20.2 Å². The van der Waals surface area contributed by atoms with Gasteiger partial charge in [0.05, 0.1) is 12.6 Å². The van der Waals surface area contributed by atoms with E-state index in [1.54, 1.807) is 20.8 Å². The lowest BCUT2D eigenvalue weighted by Gasteiger charge is -2.39. The molecule has 2 rings (SSSR count). The van der Waals surface area contributed by atoms with Crippen LogP contribution >= 0.6 is 0 Å². The van der Waals surface area contributed by atoms with Crippen molar-refractivity contribution in [1.82, 2.24) is 10.2 Å². The first kappa shape index (κ1) is 21.0. The van der Waals surface area contributed by atoms with Crippen LogP contribution in [0.5, 0.6) is 0 Å². The summed E-state index contributed by atoms with van der Waals surface area (Å²) in [6, 6.07) is 8.19. The minimum atomic E-state index is -1.47. The van der Waals surface area contributed by atoms with Gasteiger partial charge in [0.25, 0.3) is 0 Å². The normalized spacial score (nSPS) is 22.9. The number of benzene rings is 1. The topological polar surface area (TPSA) is 77.1 Å². The molecule has 1 aliphatic heterocycles. The van der Waals surface area contributed by atoms with E-state index in [1.165, 1.54) is 12.0 Å². The molecule has 1 aliphatic rings. The molecule has 150 valence electrons. The molecule has 1 aromatic carbocycles. The Morgan fingerprint density at radius 1 is 1.22 bits per heavy atom. The first-order chi connectivity index (χ1) is 12.7. The van der Waals surface area contributed by atoms with Crippen molar-refractivity contribution in [3.05, 3.63) is 35.9 Å². The van der Waals surface area contributed by atoms with Crippen molar-refractivity contribution < 1.29 is 28.2 Å². The second-order valence-corrected chi connectivity index (χ2v) is 7.42. The van der Waals surface area contributed by atoms with Gasteiger partial charge >= 0.3 is 12.2 Å². The Bertz CT molecular complexity index is 635. The van der Waals surface area contributed by atoms with Gasteiger partial charge in [0.15, 0.2) is 0 Å². The van der Waals surface area contributed by atoms with Crippen LogP contribution in [0.1, 0.15) is 26.3 Å². The number of nitrogens with one attached hydrogen (secondary N) is 1. The van der Waals surface area contributed by atoms with Gasteiger partial charge in [0, 0.05) is 13.7 Å². The molecule has 0 radical (unpaired) electrons. The first-order valence-corrected chi connectivity index (χ1v) is 8.81. The van der Waals surface area contributed by atoms with Crippen molar-refractivity contribution in [2.24, 2.45) is 0 Å². The lowest BCUT2D eigenvalue weighted by atomic mass is 10.0. The third kappa shape index (κ3) is 6.39. The van der Waals surface area contributed by atoms with Gasteiger partial charge in [-0.05, 0) is 26.3 Å². The second-order valence-electron chi connectivity index (χ2n) is 7.42. The number of nitrogens with zero attached hydrogens (tertiary/aromatic N) is 1. The predicted octanol–water partition coefficient (Wildman–Crippen LogP) is 2.89. The number of halogens is 1. The average Bonchev–Trinajstić information content (AvgIpc) is 2.61. The van der Waals surface area contributed by atoms with E-state index in [0.29, 0.717) is 0 Å². The molecule has 1 saturated heterocycles. The van der Waals surface area contributed by atoms with Gasteiger partial charge < -0.3 is 24.4 Å². The van der Waals surface area contributed by atoms with Crippen LogP contribution in [0.25, 0.3) is 0 Å². The Morgan fingerprint density at radius 2 is 1.89 bits per heavy atom. The van der Waals surface area contributed by atoms with E-state index in [9.17, 15) is 14.0 Å². The number of alkyl halides is 1. The summed E-state index contributed by atoms with van der Waals surface area (Å²) in [5.41, 5.74) is 0.141. The highest BCUT2D eigenvalue weighted by atomic mass is 19.1. The summed E-state index contributed by atoms with van der Waals surface area (Å²) in [5, 5.41) is 2.49. The molecule has 7 nitrogen and oxygen atoms in total. The highest BCUT2D eigenvalue weighted by molar-refractivity contribution is 5.70. The van der Waals surface area contributed by atoms with E-state index in [-0.39, 0.29) is 19.7 Å². The zero-order chi connectivity index (χ0) is 20.0. The molecule has 27 heavy (non-hydrogen) atoms. The summed E-state index contributed by atoms with van der Waals surface area (Å²) in [6.45, 7) is 5.33. The number of hydrogen-bond donors (Lipinski definition) is 1. The molecule has 0 spiro atoms. The maximum atomic E-state index is 14.6. The molecule has 0 unspecified atom stereocenters. The fraction of sp³-hybridized carbons (Fsp3) is 0.579. The monoisotopic (exact) mass is 382 g/mol. The van der Waals surface area contributed by atoms with Crippen molar-refractivity contribution in [3.63, 3.8) is 0 Å². The molecule has 0 aromatic heterocycles. The maximum Gasteiger partial charge on any atom is 0.410 e.